The molecule has 1 aromatic rings. The maximum Gasteiger partial charge on any atom is 0.119 e. The van der Waals surface area contributed by atoms with Crippen molar-refractivity contribution in [3.8, 4) is 5.75 Å². The van der Waals surface area contributed by atoms with E-state index in [0.717, 1.165) is 11.5 Å². The second-order valence-electron chi connectivity index (χ2n) is 5.30. The molecule has 14 heavy (non-hydrogen) atoms. The van der Waals surface area contributed by atoms with Crippen molar-refractivity contribution in [1.29, 1.82) is 0 Å². The number of rotatable bonds is 1. The molecule has 0 heterocycles. The lowest BCUT2D eigenvalue weighted by Gasteiger charge is -2.21. The highest BCUT2D eigenvalue weighted by Gasteiger charge is 2.26. The Balaban J connectivity index is 2.41. The molecule has 0 aliphatic heterocycles. The van der Waals surface area contributed by atoms with Crippen LogP contribution in [0.2, 0.25) is 0 Å². The first-order valence-electron chi connectivity index (χ1n) is 5.32. The average Bonchev–Trinajstić information content (AvgIpc) is 2.85. The lowest BCUT2D eigenvalue weighted by atomic mass is 9.85. The summed E-state index contributed by atoms with van der Waals surface area (Å²) in [4.78, 5) is 0. The van der Waals surface area contributed by atoms with Crippen molar-refractivity contribution in [2.75, 3.05) is 0 Å². The van der Waals surface area contributed by atoms with E-state index in [1.807, 2.05) is 6.07 Å². The number of phenols is 1. The summed E-state index contributed by atoms with van der Waals surface area (Å²) in [7, 11) is 0. The van der Waals surface area contributed by atoms with Gasteiger partial charge in [0.1, 0.15) is 5.75 Å². The van der Waals surface area contributed by atoms with E-state index in [2.05, 4.69) is 32.9 Å². The second kappa shape index (κ2) is 3.01. The lowest BCUT2D eigenvalue weighted by Crippen LogP contribution is -2.11. The van der Waals surface area contributed by atoms with Crippen molar-refractivity contribution in [1.82, 2.24) is 0 Å². The third-order valence-electron chi connectivity index (χ3n) is 2.88. The number of hydrogen-bond donors (Lipinski definition) is 1. The first-order chi connectivity index (χ1) is 6.48. The van der Waals surface area contributed by atoms with E-state index in [-0.39, 0.29) is 5.41 Å². The van der Waals surface area contributed by atoms with Crippen molar-refractivity contribution in [2.24, 2.45) is 0 Å². The van der Waals surface area contributed by atoms with Crippen molar-refractivity contribution in [3.63, 3.8) is 0 Å². The summed E-state index contributed by atoms with van der Waals surface area (Å²) in [5, 5.41) is 9.77. The minimum absolute atomic E-state index is 0.0367. The van der Waals surface area contributed by atoms with E-state index in [9.17, 15) is 5.11 Å². The van der Waals surface area contributed by atoms with E-state index < -0.39 is 0 Å². The molecular weight excluding hydrogens is 172 g/mol. The standard InChI is InChI=1S/C13H18O/c1-13(2,3)11-8-10(9-4-5-9)6-7-12(11)14/h6-9,14H,4-5H2,1-3H3. The minimum Gasteiger partial charge on any atom is -0.508 e. The smallest absolute Gasteiger partial charge is 0.119 e. The summed E-state index contributed by atoms with van der Waals surface area (Å²) >= 11 is 0. The SMILES string of the molecule is CC(C)(C)c1cc(C2CC2)ccc1O. The van der Waals surface area contributed by atoms with Crippen LogP contribution in [0.1, 0.15) is 50.7 Å². The van der Waals surface area contributed by atoms with E-state index in [0.29, 0.717) is 5.75 Å². The third-order valence-corrected chi connectivity index (χ3v) is 2.88. The number of hydrogen-bond acceptors (Lipinski definition) is 1. The highest BCUT2D eigenvalue weighted by Crippen LogP contribution is 2.42. The molecule has 2 rings (SSSR count). The lowest BCUT2D eigenvalue weighted by molar-refractivity contribution is 0.446. The summed E-state index contributed by atoms with van der Waals surface area (Å²) < 4.78 is 0. The number of phenolic OH excluding ortho intramolecular Hbond substituents is 1. The molecule has 0 radical (unpaired) electrons. The maximum atomic E-state index is 9.77. The normalized spacial score (nSPS) is 17.1. The Labute approximate surface area is 85.8 Å². The molecule has 0 saturated heterocycles. The van der Waals surface area contributed by atoms with E-state index in [1.165, 1.54) is 18.4 Å². The van der Waals surface area contributed by atoms with Crippen molar-refractivity contribution >= 4 is 0 Å². The Hall–Kier alpha value is -0.980. The van der Waals surface area contributed by atoms with Gasteiger partial charge in [0.2, 0.25) is 0 Å². The molecule has 0 unspecified atom stereocenters. The van der Waals surface area contributed by atoms with Crippen LogP contribution in [0.4, 0.5) is 0 Å². The highest BCUT2D eigenvalue weighted by atomic mass is 16.3. The van der Waals surface area contributed by atoms with Gasteiger partial charge >= 0.3 is 0 Å². The summed E-state index contributed by atoms with van der Waals surface area (Å²) in [5.74, 6) is 1.19. The van der Waals surface area contributed by atoms with Crippen LogP contribution >= 0.6 is 0 Å². The fraction of sp³-hybridized carbons (Fsp3) is 0.538. The molecule has 1 fully saturated rings. The topological polar surface area (TPSA) is 20.2 Å². The Bertz CT molecular complexity index is 343. The maximum absolute atomic E-state index is 9.77. The monoisotopic (exact) mass is 190 g/mol. The molecule has 1 aliphatic rings. The van der Waals surface area contributed by atoms with Gasteiger partial charge < -0.3 is 5.11 Å². The summed E-state index contributed by atoms with van der Waals surface area (Å²) in [6.45, 7) is 6.41. The van der Waals surface area contributed by atoms with Crippen molar-refractivity contribution < 1.29 is 5.11 Å². The molecule has 0 amide bonds. The van der Waals surface area contributed by atoms with Gasteiger partial charge in [0.05, 0.1) is 0 Å². The Morgan fingerprint density at radius 2 is 1.86 bits per heavy atom. The Kier molecular flexibility index (Phi) is 2.06. The molecule has 0 spiro atoms. The van der Waals surface area contributed by atoms with Gasteiger partial charge in [0.15, 0.2) is 0 Å². The number of aromatic hydroxyl groups is 1. The zero-order chi connectivity index (χ0) is 10.3. The fourth-order valence-electron chi connectivity index (χ4n) is 1.82. The van der Waals surface area contributed by atoms with Gasteiger partial charge in [-0.15, -0.1) is 0 Å². The molecule has 1 aromatic carbocycles. The van der Waals surface area contributed by atoms with E-state index in [4.69, 9.17) is 0 Å². The molecule has 1 heteroatoms. The quantitative estimate of drug-likeness (QED) is 0.717. The first-order valence-corrected chi connectivity index (χ1v) is 5.32. The molecule has 0 bridgehead atoms. The van der Waals surface area contributed by atoms with Crippen LogP contribution in [0.5, 0.6) is 5.75 Å². The molecular formula is C13H18O. The van der Waals surface area contributed by atoms with Crippen LogP contribution in [-0.4, -0.2) is 5.11 Å². The van der Waals surface area contributed by atoms with E-state index >= 15 is 0 Å². The van der Waals surface area contributed by atoms with Gasteiger partial charge in [0.25, 0.3) is 0 Å². The predicted octanol–water partition coefficient (Wildman–Crippen LogP) is 3.57. The Morgan fingerprint density at radius 3 is 2.36 bits per heavy atom. The highest BCUT2D eigenvalue weighted by molar-refractivity contribution is 5.42. The molecule has 1 aliphatic carbocycles. The van der Waals surface area contributed by atoms with Gasteiger partial charge in [-0.3, -0.25) is 0 Å². The van der Waals surface area contributed by atoms with Gasteiger partial charge in [-0.25, -0.2) is 0 Å². The molecule has 1 nitrogen and oxygen atoms in total. The van der Waals surface area contributed by atoms with Crippen LogP contribution in [0.15, 0.2) is 18.2 Å². The summed E-state index contributed by atoms with van der Waals surface area (Å²) in [6, 6.07) is 6.07. The average molecular weight is 190 g/mol. The molecule has 0 atom stereocenters. The fourth-order valence-corrected chi connectivity index (χ4v) is 1.82. The predicted molar refractivity (Wildman–Crippen MR) is 58.8 cm³/mol. The van der Waals surface area contributed by atoms with Crippen LogP contribution in [0.3, 0.4) is 0 Å². The van der Waals surface area contributed by atoms with Crippen LogP contribution in [0, 0.1) is 0 Å². The third kappa shape index (κ3) is 1.77. The van der Waals surface area contributed by atoms with Crippen LogP contribution in [0.25, 0.3) is 0 Å². The van der Waals surface area contributed by atoms with Gasteiger partial charge in [-0.2, -0.15) is 0 Å². The molecule has 76 valence electrons. The zero-order valence-electron chi connectivity index (χ0n) is 9.17. The van der Waals surface area contributed by atoms with Crippen LogP contribution in [-0.2, 0) is 5.41 Å². The summed E-state index contributed by atoms with van der Waals surface area (Å²) in [5.41, 5.74) is 2.50. The Morgan fingerprint density at radius 1 is 1.21 bits per heavy atom. The number of benzene rings is 1. The van der Waals surface area contributed by atoms with Crippen molar-refractivity contribution in [2.45, 2.75) is 44.9 Å². The van der Waals surface area contributed by atoms with Crippen molar-refractivity contribution in [3.05, 3.63) is 29.3 Å². The largest absolute Gasteiger partial charge is 0.508 e. The molecule has 1 N–H and O–H groups in total. The molecule has 1 saturated carbocycles. The van der Waals surface area contributed by atoms with Gasteiger partial charge in [0, 0.05) is 0 Å². The molecule has 0 aromatic heterocycles. The second-order valence-corrected chi connectivity index (χ2v) is 5.30. The van der Waals surface area contributed by atoms with Crippen LogP contribution < -0.4 is 0 Å². The zero-order valence-corrected chi connectivity index (χ0v) is 9.17. The van der Waals surface area contributed by atoms with Gasteiger partial charge in [-0.1, -0.05) is 32.9 Å². The van der Waals surface area contributed by atoms with Gasteiger partial charge in [-0.05, 0) is 41.4 Å². The summed E-state index contributed by atoms with van der Waals surface area (Å²) in [6.07, 6.45) is 2.63. The van der Waals surface area contributed by atoms with E-state index in [1.54, 1.807) is 0 Å². The minimum atomic E-state index is 0.0367. The first kappa shape index (κ1) is 9.57.